The molecule has 86 valence electrons. The van der Waals surface area contributed by atoms with Gasteiger partial charge in [0.2, 0.25) is 5.69 Å². The minimum absolute atomic E-state index is 0.0675. The van der Waals surface area contributed by atoms with E-state index in [-0.39, 0.29) is 16.6 Å². The summed E-state index contributed by atoms with van der Waals surface area (Å²) >= 11 is 5.95. The van der Waals surface area contributed by atoms with Crippen molar-refractivity contribution in [3.05, 3.63) is 46.9 Å². The van der Waals surface area contributed by atoms with Crippen LogP contribution in [-0.4, -0.2) is 9.97 Å². The first kappa shape index (κ1) is 11.8. The van der Waals surface area contributed by atoms with E-state index in [1.807, 2.05) is 12.1 Å². The van der Waals surface area contributed by atoms with E-state index in [1.165, 1.54) is 24.5 Å². The summed E-state index contributed by atoms with van der Waals surface area (Å²) < 4.78 is 5.39. The third-order valence-electron chi connectivity index (χ3n) is 2.04. The molecule has 0 aliphatic rings. The third kappa shape index (κ3) is 2.37. The van der Waals surface area contributed by atoms with Crippen LogP contribution in [0.1, 0.15) is 11.3 Å². The summed E-state index contributed by atoms with van der Waals surface area (Å²) in [5, 5.41) is 17.8. The smallest absolute Gasteiger partial charge is 0.256 e. The number of aromatic nitrogens is 2. The number of benzene rings is 1. The molecule has 18 heavy (non-hydrogen) atoms. The molecule has 0 saturated carbocycles. The lowest BCUT2D eigenvalue weighted by molar-refractivity contribution is 0.458. The number of halogens is 1. The van der Waals surface area contributed by atoms with E-state index in [0.29, 0.717) is 11.3 Å². The van der Waals surface area contributed by atoms with Crippen LogP contribution in [0.25, 0.3) is 0 Å². The maximum atomic E-state index is 8.84. The molecular weight excluding hydrogens is 252 g/mol. The Kier molecular flexibility index (Phi) is 3.38. The van der Waals surface area contributed by atoms with Gasteiger partial charge in [0.1, 0.15) is 11.8 Å². The minimum atomic E-state index is 0.0675. The standard InChI is InChI=1S/C12H5ClN4O/c13-9-5-8(6-14)1-2-11(9)18-12-10(7-15)16-3-4-17-12/h1-5H. The molecular formula is C12H5ClN4O. The number of ether oxygens (including phenoxy) is 1. The Morgan fingerprint density at radius 2 is 1.89 bits per heavy atom. The van der Waals surface area contributed by atoms with Crippen molar-refractivity contribution in [2.24, 2.45) is 0 Å². The predicted molar refractivity (Wildman–Crippen MR) is 63.0 cm³/mol. The van der Waals surface area contributed by atoms with E-state index < -0.39 is 0 Å². The van der Waals surface area contributed by atoms with Gasteiger partial charge in [-0.1, -0.05) is 11.6 Å². The Bertz CT molecular complexity index is 673. The molecule has 0 radical (unpaired) electrons. The second-order valence-corrected chi connectivity index (χ2v) is 3.59. The van der Waals surface area contributed by atoms with Gasteiger partial charge in [0.25, 0.3) is 5.88 Å². The first-order valence-electron chi connectivity index (χ1n) is 4.83. The van der Waals surface area contributed by atoms with E-state index in [2.05, 4.69) is 9.97 Å². The average Bonchev–Trinajstić information content (AvgIpc) is 2.41. The second-order valence-electron chi connectivity index (χ2n) is 3.18. The van der Waals surface area contributed by atoms with Crippen molar-refractivity contribution in [1.82, 2.24) is 9.97 Å². The summed E-state index contributed by atoms with van der Waals surface area (Å²) in [6, 6.07) is 8.39. The Labute approximate surface area is 108 Å². The van der Waals surface area contributed by atoms with Crippen LogP contribution in [0.15, 0.2) is 30.6 Å². The number of rotatable bonds is 2. The molecule has 0 saturated heterocycles. The number of hydrogen-bond acceptors (Lipinski definition) is 5. The van der Waals surface area contributed by atoms with Gasteiger partial charge in [0, 0.05) is 12.4 Å². The highest BCUT2D eigenvalue weighted by molar-refractivity contribution is 6.32. The monoisotopic (exact) mass is 256 g/mol. The zero-order valence-electron chi connectivity index (χ0n) is 8.96. The quantitative estimate of drug-likeness (QED) is 0.825. The lowest BCUT2D eigenvalue weighted by Gasteiger charge is -2.06. The molecule has 1 heterocycles. The van der Waals surface area contributed by atoms with Crippen LogP contribution in [0.5, 0.6) is 11.6 Å². The molecule has 0 aliphatic carbocycles. The second kappa shape index (κ2) is 5.13. The molecule has 0 aliphatic heterocycles. The van der Waals surface area contributed by atoms with Gasteiger partial charge in [-0.25, -0.2) is 9.97 Å². The summed E-state index contributed by atoms with van der Waals surface area (Å²) in [6.07, 6.45) is 2.81. The van der Waals surface area contributed by atoms with Crippen molar-refractivity contribution in [3.63, 3.8) is 0 Å². The average molecular weight is 257 g/mol. The SMILES string of the molecule is N#Cc1ccc(Oc2nccnc2C#N)c(Cl)c1. The Hall–Kier alpha value is -2.63. The van der Waals surface area contributed by atoms with Crippen molar-refractivity contribution in [3.8, 4) is 23.8 Å². The molecule has 0 N–H and O–H groups in total. The molecule has 2 rings (SSSR count). The molecule has 5 nitrogen and oxygen atoms in total. The van der Waals surface area contributed by atoms with Crippen molar-refractivity contribution in [2.45, 2.75) is 0 Å². The van der Waals surface area contributed by atoms with Crippen LogP contribution in [0.3, 0.4) is 0 Å². The lowest BCUT2D eigenvalue weighted by Crippen LogP contribution is -1.94. The van der Waals surface area contributed by atoms with Crippen molar-refractivity contribution in [1.29, 1.82) is 10.5 Å². The number of hydrogen-bond donors (Lipinski definition) is 0. The van der Waals surface area contributed by atoms with E-state index in [0.717, 1.165) is 0 Å². The maximum Gasteiger partial charge on any atom is 0.256 e. The Balaban J connectivity index is 2.36. The fourth-order valence-corrected chi connectivity index (χ4v) is 1.45. The highest BCUT2D eigenvalue weighted by Crippen LogP contribution is 2.29. The minimum Gasteiger partial charge on any atom is -0.435 e. The zero-order valence-corrected chi connectivity index (χ0v) is 9.72. The van der Waals surface area contributed by atoms with Crippen LogP contribution in [0.4, 0.5) is 0 Å². The van der Waals surface area contributed by atoms with E-state index in [1.54, 1.807) is 6.07 Å². The normalized spacial score (nSPS) is 9.28. The van der Waals surface area contributed by atoms with Gasteiger partial charge in [-0.05, 0) is 18.2 Å². The van der Waals surface area contributed by atoms with Crippen molar-refractivity contribution >= 4 is 11.6 Å². The maximum absolute atomic E-state index is 8.84. The van der Waals surface area contributed by atoms with Gasteiger partial charge in [-0.15, -0.1) is 0 Å². The highest BCUT2D eigenvalue weighted by Gasteiger charge is 2.10. The van der Waals surface area contributed by atoms with Gasteiger partial charge in [0.05, 0.1) is 16.7 Å². The fraction of sp³-hybridized carbons (Fsp3) is 0. The number of nitriles is 2. The van der Waals surface area contributed by atoms with E-state index in [4.69, 9.17) is 26.9 Å². The summed E-state index contributed by atoms with van der Waals surface area (Å²) in [5.41, 5.74) is 0.491. The lowest BCUT2D eigenvalue weighted by atomic mass is 10.2. The summed E-state index contributed by atoms with van der Waals surface area (Å²) in [5.74, 6) is 0.388. The first-order valence-corrected chi connectivity index (χ1v) is 5.21. The summed E-state index contributed by atoms with van der Waals surface area (Å²) in [6.45, 7) is 0. The first-order chi connectivity index (χ1) is 8.74. The highest BCUT2D eigenvalue weighted by atomic mass is 35.5. The van der Waals surface area contributed by atoms with Crippen LogP contribution in [-0.2, 0) is 0 Å². The fourth-order valence-electron chi connectivity index (χ4n) is 1.23. The largest absolute Gasteiger partial charge is 0.435 e. The van der Waals surface area contributed by atoms with E-state index in [9.17, 15) is 0 Å². The van der Waals surface area contributed by atoms with Crippen LogP contribution >= 0.6 is 11.6 Å². The van der Waals surface area contributed by atoms with Crippen LogP contribution in [0, 0.1) is 22.7 Å². The molecule has 6 heteroatoms. The summed E-state index contributed by atoms with van der Waals surface area (Å²) in [7, 11) is 0. The van der Waals surface area contributed by atoms with E-state index >= 15 is 0 Å². The third-order valence-corrected chi connectivity index (χ3v) is 2.33. The molecule has 2 aromatic rings. The molecule has 0 spiro atoms. The van der Waals surface area contributed by atoms with Gasteiger partial charge in [-0.2, -0.15) is 10.5 Å². The Morgan fingerprint density at radius 3 is 2.56 bits per heavy atom. The van der Waals surface area contributed by atoms with Crippen LogP contribution < -0.4 is 4.74 Å². The Morgan fingerprint density at radius 1 is 1.11 bits per heavy atom. The van der Waals surface area contributed by atoms with Gasteiger partial charge in [0.15, 0.2) is 0 Å². The van der Waals surface area contributed by atoms with Crippen LogP contribution in [0.2, 0.25) is 5.02 Å². The number of nitrogens with zero attached hydrogens (tertiary/aromatic N) is 4. The van der Waals surface area contributed by atoms with Crippen molar-refractivity contribution in [2.75, 3.05) is 0 Å². The molecule has 0 bridgehead atoms. The molecule has 0 unspecified atom stereocenters. The van der Waals surface area contributed by atoms with Gasteiger partial charge >= 0.3 is 0 Å². The molecule has 0 amide bonds. The zero-order chi connectivity index (χ0) is 13.0. The summed E-state index contributed by atoms with van der Waals surface area (Å²) in [4.78, 5) is 7.71. The van der Waals surface area contributed by atoms with Gasteiger partial charge < -0.3 is 4.74 Å². The molecule has 0 atom stereocenters. The topological polar surface area (TPSA) is 82.6 Å². The predicted octanol–water partition coefficient (Wildman–Crippen LogP) is 2.67. The molecule has 1 aromatic carbocycles. The molecule has 0 fully saturated rings. The molecule has 1 aromatic heterocycles. The van der Waals surface area contributed by atoms with Gasteiger partial charge in [-0.3, -0.25) is 0 Å². The van der Waals surface area contributed by atoms with Crippen molar-refractivity contribution < 1.29 is 4.74 Å².